The van der Waals surface area contributed by atoms with Crippen LogP contribution in [-0.2, 0) is 4.74 Å². The van der Waals surface area contributed by atoms with E-state index in [4.69, 9.17) is 4.74 Å². The summed E-state index contributed by atoms with van der Waals surface area (Å²) in [7, 11) is 1.65. The van der Waals surface area contributed by atoms with E-state index in [1.165, 1.54) is 10.8 Å². The molecule has 3 rings (SSSR count). The van der Waals surface area contributed by atoms with Gasteiger partial charge in [0.05, 0.1) is 17.1 Å². The van der Waals surface area contributed by atoms with Crippen molar-refractivity contribution < 1.29 is 9.84 Å². The van der Waals surface area contributed by atoms with Crippen LogP contribution in [0.15, 0.2) is 48.5 Å². The zero-order valence-electron chi connectivity index (χ0n) is 11.8. The van der Waals surface area contributed by atoms with Gasteiger partial charge in [0.15, 0.2) is 6.23 Å². The lowest BCUT2D eigenvalue weighted by atomic mass is 10.2. The summed E-state index contributed by atoms with van der Waals surface area (Å²) in [4.78, 5) is 0. The number of benzene rings is 2. The average Bonchev–Trinajstić information content (AvgIpc) is 2.83. The van der Waals surface area contributed by atoms with E-state index in [0.29, 0.717) is 6.42 Å². The molecule has 0 amide bonds. The molecule has 0 aliphatic carbocycles. The van der Waals surface area contributed by atoms with Crippen LogP contribution >= 0.6 is 0 Å². The van der Waals surface area contributed by atoms with Gasteiger partial charge in [0.2, 0.25) is 0 Å². The van der Waals surface area contributed by atoms with Crippen LogP contribution in [0.25, 0.3) is 21.8 Å². The van der Waals surface area contributed by atoms with Gasteiger partial charge < -0.3 is 14.4 Å². The molecule has 0 bridgehead atoms. The summed E-state index contributed by atoms with van der Waals surface area (Å²) in [6.07, 6.45) is -0.247. The molecule has 1 heterocycles. The van der Waals surface area contributed by atoms with E-state index in [0.717, 1.165) is 11.0 Å². The molecule has 3 aromatic rings. The Morgan fingerprint density at radius 3 is 1.95 bits per heavy atom. The van der Waals surface area contributed by atoms with Gasteiger partial charge in [-0.05, 0) is 18.6 Å². The Labute approximate surface area is 118 Å². The standard InChI is InChI=1S/C17H19NO2/c1-3-16(19)17(20-2)18-14-10-6-4-8-12(14)13-9-5-7-11-15(13)18/h4-11,16-17,19H,3H2,1-2H3. The molecule has 1 N–H and O–H groups in total. The Hall–Kier alpha value is -1.84. The van der Waals surface area contributed by atoms with Gasteiger partial charge >= 0.3 is 0 Å². The second-order valence-electron chi connectivity index (χ2n) is 5.01. The maximum absolute atomic E-state index is 10.3. The van der Waals surface area contributed by atoms with Crippen LogP contribution in [0.1, 0.15) is 19.6 Å². The third-order valence-electron chi connectivity index (χ3n) is 3.86. The molecule has 1 aromatic heterocycles. The third kappa shape index (κ3) is 1.90. The molecule has 0 saturated heterocycles. The number of fused-ring (bicyclic) bond motifs is 3. The van der Waals surface area contributed by atoms with Crippen LogP contribution in [0.5, 0.6) is 0 Å². The Morgan fingerprint density at radius 1 is 1.00 bits per heavy atom. The van der Waals surface area contributed by atoms with Crippen molar-refractivity contribution in [3.05, 3.63) is 48.5 Å². The van der Waals surface area contributed by atoms with Crippen molar-refractivity contribution in [3.63, 3.8) is 0 Å². The first kappa shape index (κ1) is 13.2. The number of methoxy groups -OCH3 is 1. The molecule has 0 saturated carbocycles. The predicted octanol–water partition coefficient (Wildman–Crippen LogP) is 3.71. The van der Waals surface area contributed by atoms with Crippen LogP contribution in [0.2, 0.25) is 0 Å². The Bertz CT molecular complexity index is 679. The Kier molecular flexibility index (Phi) is 3.47. The quantitative estimate of drug-likeness (QED) is 0.783. The summed E-state index contributed by atoms with van der Waals surface area (Å²) >= 11 is 0. The lowest BCUT2D eigenvalue weighted by Crippen LogP contribution is -2.25. The van der Waals surface area contributed by atoms with E-state index < -0.39 is 6.10 Å². The highest BCUT2D eigenvalue weighted by molar-refractivity contribution is 6.08. The number of aliphatic hydroxyl groups excluding tert-OH is 1. The van der Waals surface area contributed by atoms with Gasteiger partial charge in [-0.2, -0.15) is 0 Å². The minimum atomic E-state index is -0.529. The highest BCUT2D eigenvalue weighted by atomic mass is 16.5. The summed E-state index contributed by atoms with van der Waals surface area (Å²) in [5.74, 6) is 0. The number of hydrogen-bond acceptors (Lipinski definition) is 2. The number of para-hydroxylation sites is 2. The largest absolute Gasteiger partial charge is 0.388 e. The summed E-state index contributed by atoms with van der Waals surface area (Å²) in [5.41, 5.74) is 2.18. The molecule has 3 nitrogen and oxygen atoms in total. The second kappa shape index (κ2) is 5.27. The van der Waals surface area contributed by atoms with Crippen LogP contribution in [0, 0.1) is 0 Å². The van der Waals surface area contributed by atoms with Crippen molar-refractivity contribution in [2.75, 3.05) is 7.11 Å². The molecular formula is C17H19NO2. The van der Waals surface area contributed by atoms with Crippen molar-refractivity contribution in [2.24, 2.45) is 0 Å². The minimum Gasteiger partial charge on any atom is -0.388 e. The zero-order chi connectivity index (χ0) is 14.1. The fourth-order valence-electron chi connectivity index (χ4n) is 2.86. The van der Waals surface area contributed by atoms with Crippen molar-refractivity contribution in [1.29, 1.82) is 0 Å². The van der Waals surface area contributed by atoms with Gasteiger partial charge in [0.1, 0.15) is 0 Å². The number of aromatic nitrogens is 1. The predicted molar refractivity (Wildman–Crippen MR) is 81.8 cm³/mol. The van der Waals surface area contributed by atoms with E-state index in [2.05, 4.69) is 28.8 Å². The molecule has 104 valence electrons. The summed E-state index contributed by atoms with van der Waals surface area (Å²) in [6.45, 7) is 1.96. The highest BCUT2D eigenvalue weighted by Gasteiger charge is 2.23. The van der Waals surface area contributed by atoms with E-state index in [9.17, 15) is 5.11 Å². The molecule has 2 atom stereocenters. The molecule has 0 spiro atoms. The number of hydrogen-bond donors (Lipinski definition) is 1. The molecule has 2 aromatic carbocycles. The Balaban J connectivity index is 2.36. The van der Waals surface area contributed by atoms with Crippen molar-refractivity contribution in [2.45, 2.75) is 25.7 Å². The smallest absolute Gasteiger partial charge is 0.160 e. The fourth-order valence-corrected chi connectivity index (χ4v) is 2.86. The van der Waals surface area contributed by atoms with Gasteiger partial charge in [-0.3, -0.25) is 0 Å². The molecule has 20 heavy (non-hydrogen) atoms. The SMILES string of the molecule is CCC(O)C(OC)n1c2ccccc2c2ccccc21. The van der Waals surface area contributed by atoms with E-state index >= 15 is 0 Å². The van der Waals surface area contributed by atoms with Gasteiger partial charge in [-0.25, -0.2) is 0 Å². The average molecular weight is 269 g/mol. The molecule has 0 fully saturated rings. The van der Waals surface area contributed by atoms with Crippen molar-refractivity contribution >= 4 is 21.8 Å². The second-order valence-corrected chi connectivity index (χ2v) is 5.01. The molecular weight excluding hydrogens is 250 g/mol. The van der Waals surface area contributed by atoms with Gasteiger partial charge in [0.25, 0.3) is 0 Å². The topological polar surface area (TPSA) is 34.4 Å². The first-order valence-electron chi connectivity index (χ1n) is 6.96. The minimum absolute atomic E-state index is 0.371. The first-order valence-corrected chi connectivity index (χ1v) is 6.96. The maximum atomic E-state index is 10.3. The third-order valence-corrected chi connectivity index (χ3v) is 3.86. The van der Waals surface area contributed by atoms with E-state index in [-0.39, 0.29) is 6.23 Å². The fraction of sp³-hybridized carbons (Fsp3) is 0.294. The van der Waals surface area contributed by atoms with Gasteiger partial charge in [-0.1, -0.05) is 43.3 Å². The van der Waals surface area contributed by atoms with E-state index in [1.807, 2.05) is 31.2 Å². The summed E-state index contributed by atoms with van der Waals surface area (Å²) < 4.78 is 7.67. The number of rotatable bonds is 4. The van der Waals surface area contributed by atoms with Crippen LogP contribution in [0.4, 0.5) is 0 Å². The number of ether oxygens (including phenoxy) is 1. The lowest BCUT2D eigenvalue weighted by molar-refractivity contribution is -0.0542. The Morgan fingerprint density at radius 2 is 1.50 bits per heavy atom. The van der Waals surface area contributed by atoms with Crippen LogP contribution in [-0.4, -0.2) is 22.9 Å². The zero-order valence-corrected chi connectivity index (χ0v) is 11.8. The first-order chi connectivity index (χ1) is 9.77. The molecule has 0 aliphatic rings. The normalized spacial score (nSPS) is 14.8. The monoisotopic (exact) mass is 269 g/mol. The molecule has 2 unspecified atom stereocenters. The molecule has 3 heteroatoms. The highest BCUT2D eigenvalue weighted by Crippen LogP contribution is 2.33. The van der Waals surface area contributed by atoms with Gasteiger partial charge in [0, 0.05) is 17.9 Å². The molecule has 0 radical (unpaired) electrons. The van der Waals surface area contributed by atoms with E-state index in [1.54, 1.807) is 7.11 Å². The number of aliphatic hydroxyl groups is 1. The summed E-state index contributed by atoms with van der Waals surface area (Å²) in [5, 5.41) is 12.6. The van der Waals surface area contributed by atoms with Crippen LogP contribution < -0.4 is 0 Å². The number of nitrogens with zero attached hydrogens (tertiary/aromatic N) is 1. The summed E-state index contributed by atoms with van der Waals surface area (Å²) in [6, 6.07) is 16.5. The van der Waals surface area contributed by atoms with Gasteiger partial charge in [-0.15, -0.1) is 0 Å². The van der Waals surface area contributed by atoms with Crippen LogP contribution in [0.3, 0.4) is 0 Å². The van der Waals surface area contributed by atoms with Crippen molar-refractivity contribution in [1.82, 2.24) is 4.57 Å². The molecule has 0 aliphatic heterocycles. The lowest BCUT2D eigenvalue weighted by Gasteiger charge is -2.24. The maximum Gasteiger partial charge on any atom is 0.160 e. The van der Waals surface area contributed by atoms with Crippen molar-refractivity contribution in [3.8, 4) is 0 Å².